The van der Waals surface area contributed by atoms with Gasteiger partial charge in [0.25, 0.3) is 0 Å². The number of amides is 1. The minimum absolute atomic E-state index is 0.0149. The Morgan fingerprint density at radius 1 is 1.25 bits per heavy atom. The molecule has 3 unspecified atom stereocenters. The van der Waals surface area contributed by atoms with Crippen molar-refractivity contribution in [1.82, 2.24) is 5.32 Å². The Hall–Kier alpha value is -0.760. The molecule has 0 radical (unpaired) electrons. The van der Waals surface area contributed by atoms with Crippen molar-refractivity contribution in [1.29, 1.82) is 0 Å². The van der Waals surface area contributed by atoms with Crippen LogP contribution >= 0.6 is 11.8 Å². The molecule has 1 heterocycles. The number of nitrogens with one attached hydrogen (secondary N) is 1. The minimum atomic E-state index is -2.90. The van der Waals surface area contributed by atoms with E-state index in [-0.39, 0.29) is 40.4 Å². The number of sulfone groups is 1. The number of rotatable bonds is 5. The van der Waals surface area contributed by atoms with E-state index in [0.717, 1.165) is 0 Å². The molecule has 3 atom stereocenters. The highest BCUT2D eigenvalue weighted by Gasteiger charge is 2.31. The van der Waals surface area contributed by atoms with Gasteiger partial charge in [0.1, 0.15) is 0 Å². The Bertz CT molecular complexity index is 490. The Labute approximate surface area is 122 Å². The molecule has 2 aliphatic rings. The van der Waals surface area contributed by atoms with Gasteiger partial charge in [0.05, 0.1) is 23.2 Å². The average molecular weight is 321 g/mol. The summed E-state index contributed by atoms with van der Waals surface area (Å²) in [4.78, 5) is 22.6. The molecule has 8 heteroatoms. The highest BCUT2D eigenvalue weighted by molar-refractivity contribution is 8.02. The van der Waals surface area contributed by atoms with Gasteiger partial charge in [-0.05, 0) is 25.7 Å². The summed E-state index contributed by atoms with van der Waals surface area (Å²) in [5, 5.41) is 11.7. The Morgan fingerprint density at radius 3 is 2.55 bits per heavy atom. The molecular formula is C12H19NO5S2. The van der Waals surface area contributed by atoms with E-state index >= 15 is 0 Å². The zero-order valence-corrected chi connectivity index (χ0v) is 12.7. The maximum absolute atomic E-state index is 11.8. The summed E-state index contributed by atoms with van der Waals surface area (Å²) < 4.78 is 22.6. The number of carboxylic acids is 1. The summed E-state index contributed by atoms with van der Waals surface area (Å²) in [6.07, 6.45) is 2.41. The topological polar surface area (TPSA) is 101 Å². The van der Waals surface area contributed by atoms with Crippen molar-refractivity contribution in [3.05, 3.63) is 0 Å². The van der Waals surface area contributed by atoms with Gasteiger partial charge < -0.3 is 10.4 Å². The van der Waals surface area contributed by atoms with Gasteiger partial charge in [0, 0.05) is 11.3 Å². The van der Waals surface area contributed by atoms with Crippen LogP contribution in [0.5, 0.6) is 0 Å². The number of hydrogen-bond acceptors (Lipinski definition) is 5. The van der Waals surface area contributed by atoms with E-state index in [0.29, 0.717) is 25.7 Å². The molecule has 20 heavy (non-hydrogen) atoms. The molecule has 1 aliphatic carbocycles. The molecule has 1 aliphatic heterocycles. The SMILES string of the molecule is O=C(CSC1CCS(=O)(=O)C1)NC1CCC(C(=O)O)C1. The van der Waals surface area contributed by atoms with Crippen LogP contribution in [0.25, 0.3) is 0 Å². The zero-order valence-electron chi connectivity index (χ0n) is 11.1. The Morgan fingerprint density at radius 2 is 2.00 bits per heavy atom. The van der Waals surface area contributed by atoms with Crippen LogP contribution in [0.15, 0.2) is 0 Å². The first-order valence-electron chi connectivity index (χ1n) is 6.70. The van der Waals surface area contributed by atoms with Crippen LogP contribution in [-0.2, 0) is 19.4 Å². The summed E-state index contributed by atoms with van der Waals surface area (Å²) >= 11 is 1.38. The Kier molecular flexibility index (Phi) is 4.95. The van der Waals surface area contributed by atoms with E-state index in [2.05, 4.69) is 5.32 Å². The molecule has 1 saturated heterocycles. The van der Waals surface area contributed by atoms with Gasteiger partial charge >= 0.3 is 5.97 Å². The van der Waals surface area contributed by atoms with E-state index in [1.165, 1.54) is 11.8 Å². The van der Waals surface area contributed by atoms with Crippen LogP contribution in [0.1, 0.15) is 25.7 Å². The van der Waals surface area contributed by atoms with E-state index < -0.39 is 15.8 Å². The number of carbonyl (C=O) groups excluding carboxylic acids is 1. The highest BCUT2D eigenvalue weighted by atomic mass is 32.2. The fraction of sp³-hybridized carbons (Fsp3) is 0.833. The van der Waals surface area contributed by atoms with E-state index in [1.54, 1.807) is 0 Å². The van der Waals surface area contributed by atoms with Crippen molar-refractivity contribution >= 4 is 33.5 Å². The maximum Gasteiger partial charge on any atom is 0.306 e. The quantitative estimate of drug-likeness (QED) is 0.754. The lowest BCUT2D eigenvalue weighted by Gasteiger charge is -2.13. The van der Waals surface area contributed by atoms with Crippen LogP contribution in [0.3, 0.4) is 0 Å². The van der Waals surface area contributed by atoms with Crippen LogP contribution in [0.2, 0.25) is 0 Å². The molecule has 0 aromatic carbocycles. The summed E-state index contributed by atoms with van der Waals surface area (Å²) in [5.41, 5.74) is 0. The second kappa shape index (κ2) is 6.34. The van der Waals surface area contributed by atoms with Gasteiger partial charge in [-0.3, -0.25) is 9.59 Å². The number of carbonyl (C=O) groups is 2. The van der Waals surface area contributed by atoms with Crippen molar-refractivity contribution in [3.8, 4) is 0 Å². The van der Waals surface area contributed by atoms with Gasteiger partial charge in [0.2, 0.25) is 5.91 Å². The highest BCUT2D eigenvalue weighted by Crippen LogP contribution is 2.27. The molecule has 114 valence electrons. The molecule has 0 aromatic heterocycles. The van der Waals surface area contributed by atoms with Crippen LogP contribution in [-0.4, -0.2) is 54.0 Å². The van der Waals surface area contributed by atoms with Crippen molar-refractivity contribution in [2.24, 2.45) is 5.92 Å². The van der Waals surface area contributed by atoms with E-state index in [1.807, 2.05) is 0 Å². The minimum Gasteiger partial charge on any atom is -0.481 e. The second-order valence-electron chi connectivity index (χ2n) is 5.45. The molecule has 0 bridgehead atoms. The molecule has 6 nitrogen and oxygen atoms in total. The van der Waals surface area contributed by atoms with Crippen LogP contribution in [0.4, 0.5) is 0 Å². The van der Waals surface area contributed by atoms with Gasteiger partial charge in [-0.2, -0.15) is 0 Å². The fourth-order valence-corrected chi connectivity index (χ4v) is 6.15. The number of hydrogen-bond donors (Lipinski definition) is 2. The number of aliphatic carboxylic acids is 1. The summed E-state index contributed by atoms with van der Waals surface area (Å²) in [7, 11) is -2.90. The Balaban J connectivity index is 1.68. The van der Waals surface area contributed by atoms with Crippen LogP contribution < -0.4 is 5.32 Å². The summed E-state index contributed by atoms with van der Waals surface area (Å²) in [5.74, 6) is -0.658. The molecule has 0 spiro atoms. The monoisotopic (exact) mass is 321 g/mol. The average Bonchev–Trinajstić information content (AvgIpc) is 2.93. The van der Waals surface area contributed by atoms with E-state index in [9.17, 15) is 18.0 Å². The molecule has 1 saturated carbocycles. The third-order valence-corrected chi connectivity index (χ3v) is 7.07. The molecule has 2 fully saturated rings. The molecular weight excluding hydrogens is 302 g/mol. The maximum atomic E-state index is 11.8. The molecule has 0 aromatic rings. The van der Waals surface area contributed by atoms with Gasteiger partial charge in [-0.1, -0.05) is 0 Å². The first-order chi connectivity index (χ1) is 9.35. The number of carboxylic acid groups (broad SMARTS) is 1. The zero-order chi connectivity index (χ0) is 14.8. The summed E-state index contributed by atoms with van der Waals surface area (Å²) in [6.45, 7) is 0. The molecule has 2 rings (SSSR count). The third-order valence-electron chi connectivity index (χ3n) is 3.79. The standard InChI is InChI=1S/C12H19NO5S2/c14-11(6-19-10-3-4-20(17,18)7-10)13-9-2-1-8(5-9)12(15)16/h8-10H,1-7H2,(H,13,14)(H,15,16). The second-order valence-corrected chi connectivity index (χ2v) is 8.97. The lowest BCUT2D eigenvalue weighted by molar-refractivity contribution is -0.141. The predicted molar refractivity (Wildman–Crippen MR) is 76.4 cm³/mol. The van der Waals surface area contributed by atoms with Gasteiger partial charge in [-0.15, -0.1) is 11.8 Å². The largest absolute Gasteiger partial charge is 0.481 e. The summed E-state index contributed by atoms with van der Waals surface area (Å²) in [6, 6.07) is -0.0588. The van der Waals surface area contributed by atoms with Gasteiger partial charge in [-0.25, -0.2) is 8.42 Å². The third kappa shape index (κ3) is 4.37. The van der Waals surface area contributed by atoms with Crippen LogP contribution in [0, 0.1) is 5.92 Å². The van der Waals surface area contributed by atoms with Gasteiger partial charge in [0.15, 0.2) is 9.84 Å². The predicted octanol–water partition coefficient (Wildman–Crippen LogP) is 0.276. The van der Waals surface area contributed by atoms with Crippen molar-refractivity contribution in [2.75, 3.05) is 17.3 Å². The fourth-order valence-electron chi connectivity index (χ4n) is 2.69. The van der Waals surface area contributed by atoms with Crippen molar-refractivity contribution in [2.45, 2.75) is 37.0 Å². The molecule has 1 amide bonds. The van der Waals surface area contributed by atoms with Crippen molar-refractivity contribution in [3.63, 3.8) is 0 Å². The first kappa shape index (κ1) is 15.6. The number of thioether (sulfide) groups is 1. The lowest BCUT2D eigenvalue weighted by atomic mass is 10.1. The first-order valence-corrected chi connectivity index (χ1v) is 9.57. The lowest BCUT2D eigenvalue weighted by Crippen LogP contribution is -2.35. The van der Waals surface area contributed by atoms with E-state index in [4.69, 9.17) is 5.11 Å². The normalized spacial score (nSPS) is 32.1. The smallest absolute Gasteiger partial charge is 0.306 e. The van der Waals surface area contributed by atoms with Crippen molar-refractivity contribution < 1.29 is 23.1 Å². The molecule has 2 N–H and O–H groups in total.